The molecule has 1 aromatic carbocycles. The lowest BCUT2D eigenvalue weighted by atomic mass is 9.89. The van der Waals surface area contributed by atoms with Gasteiger partial charge < -0.3 is 10.0 Å². The first-order valence-electron chi connectivity index (χ1n) is 7.21. The summed E-state index contributed by atoms with van der Waals surface area (Å²) in [5, 5.41) is 10.9. The summed E-state index contributed by atoms with van der Waals surface area (Å²) >= 11 is 1.38. The van der Waals surface area contributed by atoms with E-state index in [9.17, 15) is 14.7 Å². The lowest BCUT2D eigenvalue weighted by Gasteiger charge is -2.21. The molecule has 0 unspecified atom stereocenters. The van der Waals surface area contributed by atoms with Gasteiger partial charge in [0.1, 0.15) is 0 Å². The predicted octanol–water partition coefficient (Wildman–Crippen LogP) is 2.88. The van der Waals surface area contributed by atoms with Crippen molar-refractivity contribution in [2.45, 2.75) is 25.9 Å². The number of aliphatic hydroxyl groups is 1. The zero-order valence-electron chi connectivity index (χ0n) is 12.5. The Balaban J connectivity index is 1.98. The Labute approximate surface area is 133 Å². The summed E-state index contributed by atoms with van der Waals surface area (Å²) in [5.41, 5.74) is -0.558. The fourth-order valence-corrected chi connectivity index (χ4v) is 3.70. The quantitative estimate of drug-likeness (QED) is 0.883. The summed E-state index contributed by atoms with van der Waals surface area (Å²) in [4.78, 5) is 28.2. The second-order valence-electron chi connectivity index (χ2n) is 5.44. The molecule has 1 amide bonds. The van der Waals surface area contributed by atoms with Crippen LogP contribution < -0.4 is 4.90 Å². The van der Waals surface area contributed by atoms with Gasteiger partial charge in [0, 0.05) is 17.0 Å². The van der Waals surface area contributed by atoms with Crippen molar-refractivity contribution >= 4 is 28.7 Å². The molecule has 1 aliphatic heterocycles. The third kappa shape index (κ3) is 2.17. The maximum absolute atomic E-state index is 12.6. The van der Waals surface area contributed by atoms with Crippen molar-refractivity contribution < 1.29 is 14.7 Å². The number of nitrogens with zero attached hydrogens (tertiary/aromatic N) is 1. The van der Waals surface area contributed by atoms with Gasteiger partial charge in [0.15, 0.2) is 11.4 Å². The van der Waals surface area contributed by atoms with Crippen LogP contribution in [0.1, 0.15) is 33.5 Å². The summed E-state index contributed by atoms with van der Waals surface area (Å²) in [5.74, 6) is -0.625. The molecule has 4 nitrogen and oxygen atoms in total. The van der Waals surface area contributed by atoms with Crippen LogP contribution in [0.5, 0.6) is 0 Å². The second kappa shape index (κ2) is 5.34. The van der Waals surface area contributed by atoms with E-state index >= 15 is 0 Å². The van der Waals surface area contributed by atoms with E-state index in [0.717, 1.165) is 4.88 Å². The maximum atomic E-state index is 12.6. The van der Waals surface area contributed by atoms with Crippen molar-refractivity contribution in [2.24, 2.45) is 0 Å². The predicted molar refractivity (Wildman–Crippen MR) is 86.4 cm³/mol. The number of benzene rings is 1. The van der Waals surface area contributed by atoms with Gasteiger partial charge in [0.05, 0.1) is 17.0 Å². The van der Waals surface area contributed by atoms with E-state index in [4.69, 9.17) is 0 Å². The van der Waals surface area contributed by atoms with Gasteiger partial charge in [0.25, 0.3) is 5.91 Å². The number of rotatable bonds is 4. The van der Waals surface area contributed by atoms with Crippen LogP contribution in [-0.4, -0.2) is 23.3 Å². The van der Waals surface area contributed by atoms with E-state index in [1.807, 2.05) is 26.0 Å². The Bertz CT molecular complexity index is 752. The average molecular weight is 315 g/mol. The van der Waals surface area contributed by atoms with E-state index < -0.39 is 11.5 Å². The summed E-state index contributed by atoms with van der Waals surface area (Å²) in [6, 6.07) is 10.7. The molecule has 2 heterocycles. The highest BCUT2D eigenvalue weighted by atomic mass is 32.1. The molecule has 0 bridgehead atoms. The Morgan fingerprint density at radius 2 is 2.00 bits per heavy atom. The average Bonchev–Trinajstić information content (AvgIpc) is 3.02. The molecule has 5 heteroatoms. The highest BCUT2D eigenvalue weighted by molar-refractivity contribution is 7.14. The zero-order valence-corrected chi connectivity index (χ0v) is 13.3. The van der Waals surface area contributed by atoms with Crippen LogP contribution in [0, 0.1) is 6.92 Å². The fraction of sp³-hybridized carbons (Fsp3) is 0.294. The molecule has 0 saturated heterocycles. The number of hydrogen-bond acceptors (Lipinski definition) is 4. The summed E-state index contributed by atoms with van der Waals surface area (Å²) < 4.78 is 0. The van der Waals surface area contributed by atoms with Gasteiger partial charge in [-0.2, -0.15) is 0 Å². The van der Waals surface area contributed by atoms with E-state index in [2.05, 4.69) is 0 Å². The zero-order chi connectivity index (χ0) is 15.9. The molecule has 22 heavy (non-hydrogen) atoms. The molecular weight excluding hydrogens is 298 g/mol. The first-order valence-corrected chi connectivity index (χ1v) is 8.02. The standard InChI is InChI=1S/C17H17NO3S/c1-3-18-13-7-5-4-6-12(13)17(21,16(18)20)10-14(19)15-9-8-11(2)22-15/h4-9,21H,3,10H2,1-2H3/t17-/m1/s1. The van der Waals surface area contributed by atoms with E-state index in [1.165, 1.54) is 16.2 Å². The molecule has 0 spiro atoms. The first kappa shape index (κ1) is 14.9. The summed E-state index contributed by atoms with van der Waals surface area (Å²) in [7, 11) is 0. The van der Waals surface area contributed by atoms with Crippen LogP contribution in [0.2, 0.25) is 0 Å². The highest BCUT2D eigenvalue weighted by Crippen LogP contribution is 2.42. The number of Topliss-reactive ketones (excluding diaryl/α,β-unsaturated/α-hetero) is 1. The third-order valence-corrected chi connectivity index (χ3v) is 5.03. The van der Waals surface area contributed by atoms with Crippen LogP contribution in [0.4, 0.5) is 5.69 Å². The van der Waals surface area contributed by atoms with Gasteiger partial charge >= 0.3 is 0 Å². The topological polar surface area (TPSA) is 57.6 Å². The Kier molecular flexibility index (Phi) is 3.62. The van der Waals surface area contributed by atoms with Crippen LogP contribution in [0.3, 0.4) is 0 Å². The number of para-hydroxylation sites is 1. The highest BCUT2D eigenvalue weighted by Gasteiger charge is 2.50. The number of carbonyl (C=O) groups excluding carboxylic acids is 2. The maximum Gasteiger partial charge on any atom is 0.264 e. The minimum Gasteiger partial charge on any atom is -0.375 e. The molecule has 2 aromatic rings. The Hall–Kier alpha value is -1.98. The molecule has 3 rings (SSSR count). The minimum absolute atomic E-state index is 0.207. The van der Waals surface area contributed by atoms with Gasteiger partial charge in [0.2, 0.25) is 0 Å². The molecule has 0 radical (unpaired) electrons. The molecule has 0 aliphatic carbocycles. The van der Waals surface area contributed by atoms with Gasteiger partial charge in [-0.05, 0) is 32.0 Å². The molecule has 0 saturated carbocycles. The molecule has 1 aliphatic rings. The summed E-state index contributed by atoms with van der Waals surface area (Å²) in [6.45, 7) is 4.24. The number of fused-ring (bicyclic) bond motifs is 1. The lowest BCUT2D eigenvalue weighted by molar-refractivity contribution is -0.135. The number of hydrogen-bond donors (Lipinski definition) is 1. The Morgan fingerprint density at radius 1 is 1.27 bits per heavy atom. The number of likely N-dealkylation sites (N-methyl/N-ethyl adjacent to an activating group) is 1. The molecule has 1 aromatic heterocycles. The minimum atomic E-state index is -1.76. The monoisotopic (exact) mass is 315 g/mol. The molecule has 0 fully saturated rings. The number of amides is 1. The molecule has 114 valence electrons. The smallest absolute Gasteiger partial charge is 0.264 e. The van der Waals surface area contributed by atoms with Gasteiger partial charge in [-0.25, -0.2) is 0 Å². The normalized spacial score (nSPS) is 20.3. The van der Waals surface area contributed by atoms with Gasteiger partial charge in [-0.1, -0.05) is 18.2 Å². The van der Waals surface area contributed by atoms with E-state index in [1.54, 1.807) is 24.3 Å². The van der Waals surface area contributed by atoms with Crippen molar-refractivity contribution in [1.82, 2.24) is 0 Å². The van der Waals surface area contributed by atoms with Gasteiger partial charge in [-0.3, -0.25) is 9.59 Å². The first-order chi connectivity index (χ1) is 10.5. The number of ketones is 1. The SMILES string of the molecule is CCN1C(=O)[C@@](O)(CC(=O)c2ccc(C)s2)c2ccccc21. The summed E-state index contributed by atoms with van der Waals surface area (Å²) in [6.07, 6.45) is -0.223. The van der Waals surface area contributed by atoms with Crippen molar-refractivity contribution in [2.75, 3.05) is 11.4 Å². The largest absolute Gasteiger partial charge is 0.375 e. The van der Waals surface area contributed by atoms with Crippen molar-refractivity contribution in [3.8, 4) is 0 Å². The number of anilines is 1. The van der Waals surface area contributed by atoms with Crippen molar-refractivity contribution in [3.63, 3.8) is 0 Å². The van der Waals surface area contributed by atoms with Crippen LogP contribution in [-0.2, 0) is 10.4 Å². The fourth-order valence-electron chi connectivity index (χ4n) is 2.90. The van der Waals surface area contributed by atoms with E-state index in [-0.39, 0.29) is 12.2 Å². The Morgan fingerprint density at radius 3 is 2.64 bits per heavy atom. The van der Waals surface area contributed by atoms with Crippen LogP contribution in [0.25, 0.3) is 0 Å². The van der Waals surface area contributed by atoms with Crippen molar-refractivity contribution in [1.29, 1.82) is 0 Å². The third-order valence-electron chi connectivity index (χ3n) is 3.99. The lowest BCUT2D eigenvalue weighted by Crippen LogP contribution is -2.41. The second-order valence-corrected chi connectivity index (χ2v) is 6.72. The van der Waals surface area contributed by atoms with Crippen LogP contribution >= 0.6 is 11.3 Å². The van der Waals surface area contributed by atoms with Crippen molar-refractivity contribution in [3.05, 3.63) is 51.7 Å². The molecule has 1 N–H and O–H groups in total. The number of thiophene rings is 1. The molecule has 1 atom stereocenters. The van der Waals surface area contributed by atoms with E-state index in [0.29, 0.717) is 22.7 Å². The van der Waals surface area contributed by atoms with Crippen LogP contribution in [0.15, 0.2) is 36.4 Å². The molecular formula is C17H17NO3S. The number of aryl methyl sites for hydroxylation is 1. The number of carbonyl (C=O) groups is 2. The van der Waals surface area contributed by atoms with Gasteiger partial charge in [-0.15, -0.1) is 11.3 Å².